The lowest BCUT2D eigenvalue weighted by atomic mass is 9.91. The maximum absolute atomic E-state index is 4.51. The minimum atomic E-state index is 0.183. The summed E-state index contributed by atoms with van der Waals surface area (Å²) in [5.74, 6) is 0.821. The fourth-order valence-corrected chi connectivity index (χ4v) is 1.51. The summed E-state index contributed by atoms with van der Waals surface area (Å²) in [6.45, 7) is 6.60. The molecule has 0 aliphatic heterocycles. The van der Waals surface area contributed by atoms with Crippen LogP contribution in [0.15, 0.2) is 18.3 Å². The van der Waals surface area contributed by atoms with Gasteiger partial charge >= 0.3 is 0 Å². The van der Waals surface area contributed by atoms with E-state index in [1.807, 2.05) is 0 Å². The molecular formula is C12H17N. The SMILES string of the molecule is CC(C)(C)c1ccc(C2CC2)cn1. The Morgan fingerprint density at radius 3 is 2.31 bits per heavy atom. The normalized spacial score (nSPS) is 17.5. The first-order valence-corrected chi connectivity index (χ1v) is 5.04. The van der Waals surface area contributed by atoms with Crippen LogP contribution in [0, 0.1) is 0 Å². The van der Waals surface area contributed by atoms with Crippen molar-refractivity contribution in [2.75, 3.05) is 0 Å². The summed E-state index contributed by atoms with van der Waals surface area (Å²) in [4.78, 5) is 4.51. The van der Waals surface area contributed by atoms with Crippen molar-refractivity contribution in [1.29, 1.82) is 0 Å². The van der Waals surface area contributed by atoms with E-state index in [1.165, 1.54) is 24.1 Å². The average Bonchev–Trinajstić information content (AvgIpc) is 2.85. The van der Waals surface area contributed by atoms with Gasteiger partial charge in [-0.05, 0) is 30.4 Å². The topological polar surface area (TPSA) is 12.9 Å². The molecule has 1 aromatic rings. The molecule has 0 unspecified atom stereocenters. The van der Waals surface area contributed by atoms with Crippen LogP contribution >= 0.6 is 0 Å². The molecule has 1 nitrogen and oxygen atoms in total. The highest BCUT2D eigenvalue weighted by Gasteiger charge is 2.24. The Balaban J connectivity index is 2.22. The van der Waals surface area contributed by atoms with Crippen molar-refractivity contribution in [2.24, 2.45) is 0 Å². The van der Waals surface area contributed by atoms with E-state index in [4.69, 9.17) is 0 Å². The van der Waals surface area contributed by atoms with Crippen molar-refractivity contribution in [3.8, 4) is 0 Å². The second-order valence-electron chi connectivity index (χ2n) is 5.00. The number of nitrogens with zero attached hydrogens (tertiary/aromatic N) is 1. The third-order valence-electron chi connectivity index (χ3n) is 2.60. The van der Waals surface area contributed by atoms with Crippen molar-refractivity contribution in [3.05, 3.63) is 29.6 Å². The third kappa shape index (κ3) is 1.90. The molecule has 1 aromatic heterocycles. The first-order valence-electron chi connectivity index (χ1n) is 5.04. The molecule has 1 heteroatoms. The van der Waals surface area contributed by atoms with Gasteiger partial charge in [-0.25, -0.2) is 0 Å². The summed E-state index contributed by atoms with van der Waals surface area (Å²) in [5.41, 5.74) is 2.80. The largest absolute Gasteiger partial charge is 0.260 e. The smallest absolute Gasteiger partial charge is 0.0457 e. The fourth-order valence-electron chi connectivity index (χ4n) is 1.51. The number of pyridine rings is 1. The molecular weight excluding hydrogens is 158 g/mol. The van der Waals surface area contributed by atoms with Crippen molar-refractivity contribution >= 4 is 0 Å². The van der Waals surface area contributed by atoms with Crippen LogP contribution in [0.5, 0.6) is 0 Å². The first-order chi connectivity index (χ1) is 6.07. The van der Waals surface area contributed by atoms with Crippen LogP contribution in [0.2, 0.25) is 0 Å². The molecule has 1 aliphatic carbocycles. The van der Waals surface area contributed by atoms with Crippen LogP contribution in [-0.4, -0.2) is 4.98 Å². The summed E-state index contributed by atoms with van der Waals surface area (Å²) < 4.78 is 0. The minimum absolute atomic E-state index is 0.183. The Bertz CT molecular complexity index is 288. The molecule has 0 radical (unpaired) electrons. The van der Waals surface area contributed by atoms with E-state index in [-0.39, 0.29) is 5.41 Å². The van der Waals surface area contributed by atoms with Gasteiger partial charge in [0.1, 0.15) is 0 Å². The summed E-state index contributed by atoms with van der Waals surface area (Å²) >= 11 is 0. The van der Waals surface area contributed by atoms with E-state index >= 15 is 0 Å². The van der Waals surface area contributed by atoms with Gasteiger partial charge in [0.25, 0.3) is 0 Å². The van der Waals surface area contributed by atoms with Crippen LogP contribution < -0.4 is 0 Å². The standard InChI is InChI=1S/C12H17N/c1-12(2,3)11-7-6-10(8-13-11)9-4-5-9/h6-9H,4-5H2,1-3H3. The van der Waals surface area contributed by atoms with Crippen LogP contribution in [0.1, 0.15) is 50.8 Å². The van der Waals surface area contributed by atoms with Gasteiger partial charge in [-0.2, -0.15) is 0 Å². The Morgan fingerprint density at radius 2 is 1.92 bits per heavy atom. The van der Waals surface area contributed by atoms with Crippen molar-refractivity contribution in [3.63, 3.8) is 0 Å². The van der Waals surface area contributed by atoms with Crippen molar-refractivity contribution < 1.29 is 0 Å². The van der Waals surface area contributed by atoms with E-state index in [2.05, 4.69) is 44.1 Å². The number of hydrogen-bond acceptors (Lipinski definition) is 1. The minimum Gasteiger partial charge on any atom is -0.260 e. The van der Waals surface area contributed by atoms with E-state index < -0.39 is 0 Å². The molecule has 0 bridgehead atoms. The molecule has 0 aromatic carbocycles. The lowest BCUT2D eigenvalue weighted by Gasteiger charge is -2.17. The van der Waals surface area contributed by atoms with Gasteiger partial charge in [0.2, 0.25) is 0 Å². The molecule has 1 aliphatic rings. The summed E-state index contributed by atoms with van der Waals surface area (Å²) in [6.07, 6.45) is 4.77. The molecule has 1 fully saturated rings. The lowest BCUT2D eigenvalue weighted by Crippen LogP contribution is -2.13. The van der Waals surface area contributed by atoms with Crippen LogP contribution in [-0.2, 0) is 5.41 Å². The first kappa shape index (κ1) is 8.74. The second kappa shape index (κ2) is 2.83. The molecule has 1 saturated carbocycles. The summed E-state index contributed by atoms with van der Waals surface area (Å²) in [5, 5.41) is 0. The van der Waals surface area contributed by atoms with Gasteiger partial charge in [0.15, 0.2) is 0 Å². The monoisotopic (exact) mass is 175 g/mol. The highest BCUT2D eigenvalue weighted by atomic mass is 14.7. The van der Waals surface area contributed by atoms with E-state index in [9.17, 15) is 0 Å². The Hall–Kier alpha value is -0.850. The van der Waals surface area contributed by atoms with Gasteiger partial charge in [-0.3, -0.25) is 4.98 Å². The van der Waals surface area contributed by atoms with Gasteiger partial charge in [-0.15, -0.1) is 0 Å². The highest BCUT2D eigenvalue weighted by molar-refractivity contribution is 5.24. The Kier molecular flexibility index (Phi) is 1.90. The fraction of sp³-hybridized carbons (Fsp3) is 0.583. The van der Waals surface area contributed by atoms with Gasteiger partial charge < -0.3 is 0 Å². The molecule has 0 atom stereocenters. The van der Waals surface area contributed by atoms with E-state index in [1.54, 1.807) is 0 Å². The molecule has 0 N–H and O–H groups in total. The maximum Gasteiger partial charge on any atom is 0.0457 e. The summed E-state index contributed by atoms with van der Waals surface area (Å²) in [6, 6.07) is 4.42. The molecule has 1 heterocycles. The van der Waals surface area contributed by atoms with Crippen LogP contribution in [0.3, 0.4) is 0 Å². The van der Waals surface area contributed by atoms with Crippen molar-refractivity contribution in [1.82, 2.24) is 4.98 Å². The molecule has 0 amide bonds. The van der Waals surface area contributed by atoms with E-state index in [0.717, 1.165) is 5.92 Å². The molecule has 0 saturated heterocycles. The quantitative estimate of drug-likeness (QED) is 0.638. The summed E-state index contributed by atoms with van der Waals surface area (Å²) in [7, 11) is 0. The zero-order valence-electron chi connectivity index (χ0n) is 8.67. The van der Waals surface area contributed by atoms with Crippen LogP contribution in [0.4, 0.5) is 0 Å². The van der Waals surface area contributed by atoms with Crippen LogP contribution in [0.25, 0.3) is 0 Å². The number of aromatic nitrogens is 1. The highest BCUT2D eigenvalue weighted by Crippen LogP contribution is 2.39. The Morgan fingerprint density at radius 1 is 1.23 bits per heavy atom. The molecule has 13 heavy (non-hydrogen) atoms. The third-order valence-corrected chi connectivity index (χ3v) is 2.60. The Labute approximate surface area is 80.2 Å². The molecule has 2 rings (SSSR count). The predicted molar refractivity (Wildman–Crippen MR) is 54.9 cm³/mol. The van der Waals surface area contributed by atoms with Gasteiger partial charge in [-0.1, -0.05) is 26.8 Å². The number of hydrogen-bond donors (Lipinski definition) is 0. The number of rotatable bonds is 1. The second-order valence-corrected chi connectivity index (χ2v) is 5.00. The van der Waals surface area contributed by atoms with Crippen molar-refractivity contribution in [2.45, 2.75) is 44.9 Å². The zero-order valence-corrected chi connectivity index (χ0v) is 8.67. The van der Waals surface area contributed by atoms with E-state index in [0.29, 0.717) is 0 Å². The maximum atomic E-state index is 4.51. The average molecular weight is 175 g/mol. The van der Waals surface area contributed by atoms with Gasteiger partial charge in [0.05, 0.1) is 0 Å². The molecule has 0 spiro atoms. The molecule has 70 valence electrons. The predicted octanol–water partition coefficient (Wildman–Crippen LogP) is 3.26. The lowest BCUT2D eigenvalue weighted by molar-refractivity contribution is 0.568. The zero-order chi connectivity index (χ0) is 9.47. The van der Waals surface area contributed by atoms with Gasteiger partial charge in [0, 0.05) is 17.3 Å².